The van der Waals surface area contributed by atoms with E-state index in [4.69, 9.17) is 0 Å². The quantitative estimate of drug-likeness (QED) is 0.818. The van der Waals surface area contributed by atoms with Crippen molar-refractivity contribution in [3.8, 4) is 0 Å². The van der Waals surface area contributed by atoms with Crippen molar-refractivity contribution in [1.29, 1.82) is 0 Å². The first-order valence-electron chi connectivity index (χ1n) is 4.40. The Hall–Kier alpha value is -1.13. The number of aryl methyl sites for hydroxylation is 2. The van der Waals surface area contributed by atoms with Crippen molar-refractivity contribution < 1.29 is 5.11 Å². The van der Waals surface area contributed by atoms with E-state index in [0.717, 1.165) is 16.3 Å². The third-order valence-electron chi connectivity index (χ3n) is 2.13. The van der Waals surface area contributed by atoms with Gasteiger partial charge >= 0.3 is 0 Å². The van der Waals surface area contributed by atoms with E-state index in [1.165, 1.54) is 0 Å². The van der Waals surface area contributed by atoms with Crippen molar-refractivity contribution >= 4 is 11.3 Å². The molecule has 2 aromatic heterocycles. The van der Waals surface area contributed by atoms with Crippen LogP contribution in [0.15, 0.2) is 23.6 Å². The van der Waals surface area contributed by atoms with Gasteiger partial charge in [-0.3, -0.25) is 4.68 Å². The molecule has 14 heavy (non-hydrogen) atoms. The van der Waals surface area contributed by atoms with Crippen LogP contribution in [0.2, 0.25) is 0 Å². The predicted molar refractivity (Wildman–Crippen MR) is 56.3 cm³/mol. The maximum atomic E-state index is 10.0. The molecule has 0 aliphatic rings. The van der Waals surface area contributed by atoms with E-state index in [-0.39, 0.29) is 0 Å². The molecule has 0 saturated carbocycles. The molecule has 0 aliphatic carbocycles. The highest BCUT2D eigenvalue weighted by atomic mass is 32.1. The maximum absolute atomic E-state index is 10.0. The lowest BCUT2D eigenvalue weighted by Gasteiger charge is -2.07. The first kappa shape index (κ1) is 9.43. The molecule has 1 atom stereocenters. The lowest BCUT2D eigenvalue weighted by molar-refractivity contribution is 0.213. The SMILES string of the molecule is Cc1cc(C(O)c2cccs2)n(C)n1. The van der Waals surface area contributed by atoms with E-state index in [2.05, 4.69) is 5.10 Å². The number of aliphatic hydroxyl groups is 1. The van der Waals surface area contributed by atoms with Gasteiger partial charge in [-0.15, -0.1) is 11.3 Å². The zero-order valence-electron chi connectivity index (χ0n) is 8.14. The first-order chi connectivity index (χ1) is 6.68. The van der Waals surface area contributed by atoms with Crippen LogP contribution in [0.1, 0.15) is 22.4 Å². The average Bonchev–Trinajstić information content (AvgIpc) is 2.73. The Morgan fingerprint density at radius 1 is 1.57 bits per heavy atom. The van der Waals surface area contributed by atoms with E-state index >= 15 is 0 Å². The third-order valence-corrected chi connectivity index (χ3v) is 3.06. The minimum Gasteiger partial charge on any atom is -0.381 e. The molecule has 1 N–H and O–H groups in total. The van der Waals surface area contributed by atoms with Gasteiger partial charge in [-0.1, -0.05) is 6.07 Å². The lowest BCUT2D eigenvalue weighted by Crippen LogP contribution is -2.04. The fraction of sp³-hybridized carbons (Fsp3) is 0.300. The summed E-state index contributed by atoms with van der Waals surface area (Å²) in [6.07, 6.45) is -0.554. The molecule has 0 fully saturated rings. The topological polar surface area (TPSA) is 38.0 Å². The number of hydrogen-bond donors (Lipinski definition) is 1. The fourth-order valence-corrected chi connectivity index (χ4v) is 2.20. The van der Waals surface area contributed by atoms with E-state index in [1.807, 2.05) is 37.6 Å². The van der Waals surface area contributed by atoms with E-state index in [0.29, 0.717) is 0 Å². The smallest absolute Gasteiger partial charge is 0.130 e. The van der Waals surface area contributed by atoms with Crippen LogP contribution in [-0.2, 0) is 7.05 Å². The Morgan fingerprint density at radius 2 is 2.36 bits per heavy atom. The van der Waals surface area contributed by atoms with Gasteiger partial charge < -0.3 is 5.11 Å². The normalized spacial score (nSPS) is 13.1. The Labute approximate surface area is 86.6 Å². The summed E-state index contributed by atoms with van der Waals surface area (Å²) >= 11 is 1.55. The number of nitrogens with zero attached hydrogens (tertiary/aromatic N) is 2. The Kier molecular flexibility index (Phi) is 2.39. The molecular formula is C10H12N2OS. The van der Waals surface area contributed by atoms with Crippen LogP contribution >= 0.6 is 11.3 Å². The fourth-order valence-electron chi connectivity index (χ4n) is 1.48. The average molecular weight is 208 g/mol. The van der Waals surface area contributed by atoms with Gasteiger partial charge in [0.2, 0.25) is 0 Å². The molecule has 1 unspecified atom stereocenters. The van der Waals surface area contributed by atoms with Crippen LogP contribution < -0.4 is 0 Å². The van der Waals surface area contributed by atoms with Crippen molar-refractivity contribution in [2.24, 2.45) is 7.05 Å². The van der Waals surface area contributed by atoms with Gasteiger partial charge in [0.15, 0.2) is 0 Å². The molecule has 0 aromatic carbocycles. The van der Waals surface area contributed by atoms with Crippen LogP contribution in [-0.4, -0.2) is 14.9 Å². The zero-order chi connectivity index (χ0) is 10.1. The number of aliphatic hydroxyl groups excluding tert-OH is 1. The van der Waals surface area contributed by atoms with Crippen molar-refractivity contribution in [2.75, 3.05) is 0 Å². The molecule has 0 aliphatic heterocycles. The minimum absolute atomic E-state index is 0.554. The number of rotatable bonds is 2. The van der Waals surface area contributed by atoms with Crippen LogP contribution in [0.4, 0.5) is 0 Å². The minimum atomic E-state index is -0.554. The van der Waals surface area contributed by atoms with Gasteiger partial charge in [0, 0.05) is 11.9 Å². The van der Waals surface area contributed by atoms with Crippen LogP contribution in [0.3, 0.4) is 0 Å². The monoisotopic (exact) mass is 208 g/mol. The predicted octanol–water partition coefficient (Wildman–Crippen LogP) is 1.87. The summed E-state index contributed by atoms with van der Waals surface area (Å²) in [6, 6.07) is 5.77. The molecule has 2 rings (SSSR count). The molecule has 0 amide bonds. The van der Waals surface area contributed by atoms with Crippen LogP contribution in [0, 0.1) is 6.92 Å². The van der Waals surface area contributed by atoms with Gasteiger partial charge in [0.1, 0.15) is 6.10 Å². The Bertz CT molecular complexity index is 419. The highest BCUT2D eigenvalue weighted by molar-refractivity contribution is 7.10. The summed E-state index contributed by atoms with van der Waals surface area (Å²) in [5.41, 5.74) is 1.77. The summed E-state index contributed by atoms with van der Waals surface area (Å²) in [5.74, 6) is 0. The van der Waals surface area contributed by atoms with Gasteiger partial charge in [-0.05, 0) is 24.4 Å². The molecule has 0 saturated heterocycles. The van der Waals surface area contributed by atoms with Crippen molar-refractivity contribution in [3.05, 3.63) is 39.8 Å². The van der Waals surface area contributed by atoms with E-state index < -0.39 is 6.10 Å². The second-order valence-corrected chi connectivity index (χ2v) is 4.23. The van der Waals surface area contributed by atoms with Gasteiger partial charge in [-0.25, -0.2) is 0 Å². The van der Waals surface area contributed by atoms with Crippen molar-refractivity contribution in [3.63, 3.8) is 0 Å². The Balaban J connectivity index is 2.36. The number of hydrogen-bond acceptors (Lipinski definition) is 3. The van der Waals surface area contributed by atoms with Gasteiger partial charge in [0.25, 0.3) is 0 Å². The van der Waals surface area contributed by atoms with Crippen LogP contribution in [0.25, 0.3) is 0 Å². The van der Waals surface area contributed by atoms with Gasteiger partial charge in [-0.2, -0.15) is 5.10 Å². The lowest BCUT2D eigenvalue weighted by atomic mass is 10.2. The molecule has 2 heterocycles. The summed E-state index contributed by atoms with van der Waals surface area (Å²) in [6.45, 7) is 1.92. The Morgan fingerprint density at radius 3 is 2.86 bits per heavy atom. The molecule has 0 bridgehead atoms. The molecule has 0 spiro atoms. The highest BCUT2D eigenvalue weighted by Crippen LogP contribution is 2.25. The van der Waals surface area contributed by atoms with Crippen molar-refractivity contribution in [2.45, 2.75) is 13.0 Å². The second-order valence-electron chi connectivity index (χ2n) is 3.25. The second kappa shape index (κ2) is 3.55. The van der Waals surface area contributed by atoms with E-state index in [9.17, 15) is 5.11 Å². The summed E-state index contributed by atoms with van der Waals surface area (Å²) < 4.78 is 1.72. The van der Waals surface area contributed by atoms with Gasteiger partial charge in [0.05, 0.1) is 11.4 Å². The standard InChI is InChI=1S/C10H12N2OS/c1-7-6-8(12(2)11-7)10(13)9-4-3-5-14-9/h3-6,10,13H,1-2H3. The van der Waals surface area contributed by atoms with Crippen LogP contribution in [0.5, 0.6) is 0 Å². The highest BCUT2D eigenvalue weighted by Gasteiger charge is 2.15. The number of thiophene rings is 1. The van der Waals surface area contributed by atoms with E-state index in [1.54, 1.807) is 16.0 Å². The maximum Gasteiger partial charge on any atom is 0.130 e. The largest absolute Gasteiger partial charge is 0.381 e. The zero-order valence-corrected chi connectivity index (χ0v) is 8.95. The first-order valence-corrected chi connectivity index (χ1v) is 5.28. The molecular weight excluding hydrogens is 196 g/mol. The molecule has 0 radical (unpaired) electrons. The summed E-state index contributed by atoms with van der Waals surface area (Å²) in [7, 11) is 1.85. The molecule has 74 valence electrons. The molecule has 3 nitrogen and oxygen atoms in total. The summed E-state index contributed by atoms with van der Waals surface area (Å²) in [5, 5.41) is 16.2. The summed E-state index contributed by atoms with van der Waals surface area (Å²) in [4.78, 5) is 0.952. The third kappa shape index (κ3) is 1.58. The van der Waals surface area contributed by atoms with Crippen molar-refractivity contribution in [1.82, 2.24) is 9.78 Å². The molecule has 2 aromatic rings. The molecule has 4 heteroatoms. The number of aromatic nitrogens is 2.